The van der Waals surface area contributed by atoms with Gasteiger partial charge in [0, 0.05) is 24.5 Å². The van der Waals surface area contributed by atoms with Gasteiger partial charge < -0.3 is 16.0 Å². The summed E-state index contributed by atoms with van der Waals surface area (Å²) in [6.07, 6.45) is 3.87. The Hall–Kier alpha value is -2.74. The highest BCUT2D eigenvalue weighted by Gasteiger charge is 2.16. The molecule has 8 heteroatoms. The molecule has 0 bridgehead atoms. The number of rotatable bonds is 7. The number of carbonyl (C=O) groups excluding carboxylic acids is 3. The Bertz CT molecular complexity index is 715. The van der Waals surface area contributed by atoms with Crippen LogP contribution in [0.2, 0.25) is 0 Å². The maximum absolute atomic E-state index is 12.2. The van der Waals surface area contributed by atoms with Crippen LogP contribution >= 0.6 is 11.3 Å². The molecule has 0 spiro atoms. The molecule has 0 radical (unpaired) electrons. The fraction of sp³-hybridized carbons (Fsp3) is 0.250. The molecular formula is C16H18N4O3S. The summed E-state index contributed by atoms with van der Waals surface area (Å²) in [5, 5.41) is 9.62. The van der Waals surface area contributed by atoms with Crippen LogP contribution in [0.1, 0.15) is 33.4 Å². The van der Waals surface area contributed by atoms with Gasteiger partial charge in [0.25, 0.3) is 11.8 Å². The largest absolute Gasteiger partial charge is 0.355 e. The quantitative estimate of drug-likeness (QED) is 0.710. The molecule has 7 nitrogen and oxygen atoms in total. The average Bonchev–Trinajstić information content (AvgIpc) is 3.06. The number of hydrogen-bond donors (Lipinski definition) is 3. The van der Waals surface area contributed by atoms with Crippen LogP contribution in [0.15, 0.2) is 36.0 Å². The zero-order valence-corrected chi connectivity index (χ0v) is 14.0. The van der Waals surface area contributed by atoms with E-state index in [0.29, 0.717) is 22.7 Å². The number of nitrogens with zero attached hydrogens (tertiary/aromatic N) is 1. The van der Waals surface area contributed by atoms with Gasteiger partial charge in [-0.05, 0) is 30.0 Å². The van der Waals surface area contributed by atoms with Crippen molar-refractivity contribution in [1.29, 1.82) is 0 Å². The molecule has 0 saturated carbocycles. The summed E-state index contributed by atoms with van der Waals surface area (Å²) in [5.74, 6) is -0.976. The molecule has 2 rings (SSSR count). The van der Waals surface area contributed by atoms with Gasteiger partial charge in [0.05, 0.1) is 12.2 Å². The van der Waals surface area contributed by atoms with Gasteiger partial charge in [-0.1, -0.05) is 6.92 Å². The number of amides is 3. The Morgan fingerprint density at radius 1 is 1.08 bits per heavy atom. The van der Waals surface area contributed by atoms with E-state index in [2.05, 4.69) is 20.9 Å². The summed E-state index contributed by atoms with van der Waals surface area (Å²) in [4.78, 5) is 40.0. The molecule has 3 N–H and O–H groups in total. The van der Waals surface area contributed by atoms with Crippen LogP contribution in [0, 0.1) is 0 Å². The van der Waals surface area contributed by atoms with Crippen LogP contribution in [0.5, 0.6) is 0 Å². The van der Waals surface area contributed by atoms with Gasteiger partial charge in [0.2, 0.25) is 5.91 Å². The van der Waals surface area contributed by atoms with Gasteiger partial charge >= 0.3 is 0 Å². The van der Waals surface area contributed by atoms with Crippen molar-refractivity contribution in [2.45, 2.75) is 13.3 Å². The molecule has 2 heterocycles. The first-order valence-corrected chi connectivity index (χ1v) is 8.33. The second kappa shape index (κ2) is 8.78. The third-order valence-electron chi connectivity index (χ3n) is 3.04. The monoisotopic (exact) mass is 346 g/mol. The molecule has 0 aliphatic heterocycles. The number of pyridine rings is 1. The molecule has 126 valence electrons. The van der Waals surface area contributed by atoms with Gasteiger partial charge in [-0.25, -0.2) is 0 Å². The molecule has 24 heavy (non-hydrogen) atoms. The van der Waals surface area contributed by atoms with Crippen LogP contribution < -0.4 is 16.0 Å². The lowest BCUT2D eigenvalue weighted by atomic mass is 10.2. The topological polar surface area (TPSA) is 100 Å². The molecule has 0 aliphatic carbocycles. The molecule has 0 aromatic carbocycles. The predicted octanol–water partition coefficient (Wildman–Crippen LogP) is 1.65. The van der Waals surface area contributed by atoms with Crippen molar-refractivity contribution in [1.82, 2.24) is 15.6 Å². The average molecular weight is 346 g/mol. The molecule has 3 amide bonds. The van der Waals surface area contributed by atoms with Gasteiger partial charge in [0.1, 0.15) is 4.88 Å². The van der Waals surface area contributed by atoms with E-state index < -0.39 is 5.91 Å². The molecule has 0 saturated heterocycles. The molecule has 0 unspecified atom stereocenters. The van der Waals surface area contributed by atoms with E-state index in [1.54, 1.807) is 23.6 Å². The van der Waals surface area contributed by atoms with E-state index in [1.807, 2.05) is 6.92 Å². The molecular weight excluding hydrogens is 328 g/mol. The summed E-state index contributed by atoms with van der Waals surface area (Å²) in [5.41, 5.74) is 0.856. The van der Waals surface area contributed by atoms with Crippen LogP contribution in [0.3, 0.4) is 0 Å². The first-order valence-electron chi connectivity index (χ1n) is 7.45. The Morgan fingerprint density at radius 2 is 1.83 bits per heavy atom. The van der Waals surface area contributed by atoms with E-state index in [9.17, 15) is 14.4 Å². The van der Waals surface area contributed by atoms with Crippen LogP contribution in [0.4, 0.5) is 5.69 Å². The highest BCUT2D eigenvalue weighted by Crippen LogP contribution is 2.22. The maximum Gasteiger partial charge on any atom is 0.263 e. The minimum atomic E-state index is -0.401. The maximum atomic E-state index is 12.2. The van der Waals surface area contributed by atoms with Crippen molar-refractivity contribution >= 4 is 34.7 Å². The Balaban J connectivity index is 1.95. The summed E-state index contributed by atoms with van der Waals surface area (Å²) < 4.78 is 0. The van der Waals surface area contributed by atoms with Crippen molar-refractivity contribution in [2.24, 2.45) is 0 Å². The lowest BCUT2D eigenvalue weighted by Crippen LogP contribution is -2.37. The second-order valence-electron chi connectivity index (χ2n) is 4.89. The van der Waals surface area contributed by atoms with Crippen molar-refractivity contribution in [2.75, 3.05) is 18.4 Å². The van der Waals surface area contributed by atoms with E-state index in [4.69, 9.17) is 0 Å². The lowest BCUT2D eigenvalue weighted by molar-refractivity contribution is -0.120. The van der Waals surface area contributed by atoms with E-state index >= 15 is 0 Å². The molecule has 2 aromatic heterocycles. The van der Waals surface area contributed by atoms with Crippen LogP contribution in [0.25, 0.3) is 0 Å². The minimum absolute atomic E-state index is 0.103. The fourth-order valence-corrected chi connectivity index (χ4v) is 2.61. The standard InChI is InChI=1S/C16H18N4O3S/c1-2-6-18-13(21)10-19-16(23)14-12(5-9-24-14)20-15(22)11-3-7-17-8-4-11/h3-5,7-9H,2,6,10H2,1H3,(H,18,21)(H,19,23)(H,20,22). The van der Waals surface area contributed by atoms with Gasteiger partial charge in [-0.15, -0.1) is 11.3 Å². The van der Waals surface area contributed by atoms with Gasteiger partial charge in [0.15, 0.2) is 0 Å². The first-order chi connectivity index (χ1) is 11.6. The van der Waals surface area contributed by atoms with Crippen LogP contribution in [-0.4, -0.2) is 35.8 Å². The Kier molecular flexibility index (Phi) is 6.44. The zero-order chi connectivity index (χ0) is 17.4. The van der Waals surface area contributed by atoms with Gasteiger partial charge in [-0.2, -0.15) is 0 Å². The smallest absolute Gasteiger partial charge is 0.263 e. The highest BCUT2D eigenvalue weighted by molar-refractivity contribution is 7.12. The second-order valence-corrected chi connectivity index (χ2v) is 5.80. The third-order valence-corrected chi connectivity index (χ3v) is 3.96. The SMILES string of the molecule is CCCNC(=O)CNC(=O)c1sccc1NC(=O)c1ccncc1. The predicted molar refractivity (Wildman–Crippen MR) is 92.1 cm³/mol. The number of hydrogen-bond acceptors (Lipinski definition) is 5. The number of thiophene rings is 1. The first kappa shape index (κ1) is 17.6. The van der Waals surface area contributed by atoms with Crippen LogP contribution in [-0.2, 0) is 4.79 Å². The van der Waals surface area contributed by atoms with Crippen molar-refractivity contribution in [3.63, 3.8) is 0 Å². The van der Waals surface area contributed by atoms with Crippen molar-refractivity contribution in [3.8, 4) is 0 Å². The number of anilines is 1. The molecule has 0 aliphatic rings. The summed E-state index contributed by atoms with van der Waals surface area (Å²) in [6.45, 7) is 2.41. The summed E-state index contributed by atoms with van der Waals surface area (Å²) in [7, 11) is 0. The van der Waals surface area contributed by atoms with Crippen molar-refractivity contribution < 1.29 is 14.4 Å². The molecule has 0 fully saturated rings. The number of carbonyl (C=O) groups is 3. The fourth-order valence-electron chi connectivity index (χ4n) is 1.85. The molecule has 0 atom stereocenters. The zero-order valence-electron chi connectivity index (χ0n) is 13.2. The van der Waals surface area contributed by atoms with E-state index in [-0.39, 0.29) is 18.4 Å². The lowest BCUT2D eigenvalue weighted by Gasteiger charge is -2.08. The number of nitrogens with one attached hydrogen (secondary N) is 3. The van der Waals surface area contributed by atoms with Crippen molar-refractivity contribution in [3.05, 3.63) is 46.4 Å². The summed E-state index contributed by atoms with van der Waals surface area (Å²) in [6, 6.07) is 4.81. The highest BCUT2D eigenvalue weighted by atomic mass is 32.1. The Labute approximate surface area is 143 Å². The van der Waals surface area contributed by atoms with Gasteiger partial charge in [-0.3, -0.25) is 19.4 Å². The number of aromatic nitrogens is 1. The Morgan fingerprint density at radius 3 is 2.54 bits per heavy atom. The normalized spacial score (nSPS) is 10.0. The third kappa shape index (κ3) is 4.88. The van der Waals surface area contributed by atoms with E-state index in [1.165, 1.54) is 23.7 Å². The summed E-state index contributed by atoms with van der Waals surface area (Å²) >= 11 is 1.19. The minimum Gasteiger partial charge on any atom is -0.355 e. The molecule has 2 aromatic rings. The van der Waals surface area contributed by atoms with E-state index in [0.717, 1.165) is 6.42 Å².